The van der Waals surface area contributed by atoms with Crippen LogP contribution >= 0.6 is 0 Å². The average molecular weight is 213 g/mol. The first-order chi connectivity index (χ1) is 7.18. The Morgan fingerprint density at radius 1 is 1.47 bits per heavy atom. The van der Waals surface area contributed by atoms with Crippen LogP contribution in [0.1, 0.15) is 39.0 Å². The molecule has 0 bridgehead atoms. The molecule has 3 heteroatoms. The van der Waals surface area contributed by atoms with Crippen molar-refractivity contribution in [1.82, 2.24) is 5.32 Å². The zero-order valence-corrected chi connectivity index (χ0v) is 9.67. The van der Waals surface area contributed by atoms with E-state index in [9.17, 15) is 5.11 Å². The molecule has 2 fully saturated rings. The van der Waals surface area contributed by atoms with E-state index in [1.807, 2.05) is 0 Å². The maximum Gasteiger partial charge on any atom is 0.0774 e. The Balaban J connectivity index is 1.76. The first-order valence-electron chi connectivity index (χ1n) is 6.21. The van der Waals surface area contributed by atoms with Gasteiger partial charge in [-0.15, -0.1) is 0 Å². The molecule has 3 unspecified atom stereocenters. The number of aliphatic hydroxyl groups is 1. The van der Waals surface area contributed by atoms with Crippen LogP contribution in [0.4, 0.5) is 0 Å². The zero-order valence-electron chi connectivity index (χ0n) is 9.67. The van der Waals surface area contributed by atoms with Gasteiger partial charge in [0.05, 0.1) is 12.2 Å². The molecule has 2 rings (SSSR count). The van der Waals surface area contributed by atoms with E-state index in [0.717, 1.165) is 39.0 Å². The van der Waals surface area contributed by atoms with Gasteiger partial charge in [-0.3, -0.25) is 0 Å². The van der Waals surface area contributed by atoms with E-state index >= 15 is 0 Å². The highest BCUT2D eigenvalue weighted by molar-refractivity contribution is 4.88. The predicted octanol–water partition coefficient (Wildman–Crippen LogP) is 1.31. The Morgan fingerprint density at radius 2 is 2.33 bits per heavy atom. The number of hydrogen-bond acceptors (Lipinski definition) is 3. The summed E-state index contributed by atoms with van der Waals surface area (Å²) in [6, 6.07) is 0.464. The van der Waals surface area contributed by atoms with Crippen LogP contribution in [-0.2, 0) is 4.74 Å². The number of hydrogen-bond donors (Lipinski definition) is 2. The van der Waals surface area contributed by atoms with Crippen molar-refractivity contribution >= 4 is 0 Å². The summed E-state index contributed by atoms with van der Waals surface area (Å²) in [5.41, 5.74) is -0.458. The van der Waals surface area contributed by atoms with Crippen molar-refractivity contribution in [2.24, 2.45) is 5.92 Å². The standard InChI is InChI=1S/C12H23NO2/c1-10-3-2-5-12(14,7-10)9-13-11-4-6-15-8-11/h10-11,13-14H,2-9H2,1H3. The molecule has 1 aliphatic carbocycles. The SMILES string of the molecule is CC1CCCC(O)(CNC2CCOC2)C1. The van der Waals surface area contributed by atoms with Gasteiger partial charge in [-0.1, -0.05) is 19.8 Å². The largest absolute Gasteiger partial charge is 0.389 e. The highest BCUT2D eigenvalue weighted by atomic mass is 16.5. The molecule has 0 aromatic heterocycles. The Morgan fingerprint density at radius 3 is 3.00 bits per heavy atom. The smallest absolute Gasteiger partial charge is 0.0774 e. The third-order valence-electron chi connectivity index (χ3n) is 3.72. The van der Waals surface area contributed by atoms with Gasteiger partial charge in [-0.2, -0.15) is 0 Å². The summed E-state index contributed by atoms with van der Waals surface area (Å²) in [6.45, 7) is 4.66. The minimum absolute atomic E-state index is 0.458. The van der Waals surface area contributed by atoms with E-state index in [4.69, 9.17) is 4.74 Å². The Labute approximate surface area is 92.2 Å². The summed E-state index contributed by atoms with van der Waals surface area (Å²) in [7, 11) is 0. The molecule has 0 aromatic rings. The van der Waals surface area contributed by atoms with E-state index < -0.39 is 5.60 Å². The Bertz CT molecular complexity index is 204. The van der Waals surface area contributed by atoms with Gasteiger partial charge in [0.15, 0.2) is 0 Å². The van der Waals surface area contributed by atoms with Crippen LogP contribution in [0.5, 0.6) is 0 Å². The lowest BCUT2D eigenvalue weighted by molar-refractivity contribution is -0.0138. The minimum atomic E-state index is -0.458. The molecule has 0 spiro atoms. The van der Waals surface area contributed by atoms with Crippen LogP contribution < -0.4 is 5.32 Å². The monoisotopic (exact) mass is 213 g/mol. The topological polar surface area (TPSA) is 41.5 Å². The molecule has 15 heavy (non-hydrogen) atoms. The molecule has 2 N–H and O–H groups in total. The van der Waals surface area contributed by atoms with E-state index in [-0.39, 0.29) is 0 Å². The lowest BCUT2D eigenvalue weighted by atomic mass is 9.79. The van der Waals surface area contributed by atoms with Crippen LogP contribution in [0.15, 0.2) is 0 Å². The van der Waals surface area contributed by atoms with Crippen molar-refractivity contribution in [2.45, 2.75) is 50.7 Å². The molecule has 1 saturated heterocycles. The van der Waals surface area contributed by atoms with E-state index in [2.05, 4.69) is 12.2 Å². The van der Waals surface area contributed by atoms with Crippen molar-refractivity contribution in [3.63, 3.8) is 0 Å². The van der Waals surface area contributed by atoms with Crippen LogP contribution in [-0.4, -0.2) is 36.5 Å². The predicted molar refractivity (Wildman–Crippen MR) is 59.8 cm³/mol. The summed E-state index contributed by atoms with van der Waals surface area (Å²) >= 11 is 0. The summed E-state index contributed by atoms with van der Waals surface area (Å²) in [5.74, 6) is 0.672. The fourth-order valence-electron chi connectivity index (χ4n) is 2.82. The lowest BCUT2D eigenvalue weighted by Crippen LogP contribution is -2.47. The van der Waals surface area contributed by atoms with Crippen molar-refractivity contribution < 1.29 is 9.84 Å². The van der Waals surface area contributed by atoms with Crippen molar-refractivity contribution in [3.05, 3.63) is 0 Å². The van der Waals surface area contributed by atoms with Crippen LogP contribution in [0.2, 0.25) is 0 Å². The molecule has 3 nitrogen and oxygen atoms in total. The third kappa shape index (κ3) is 3.16. The third-order valence-corrected chi connectivity index (χ3v) is 3.72. The number of nitrogens with one attached hydrogen (secondary N) is 1. The van der Waals surface area contributed by atoms with Gasteiger partial charge in [0.2, 0.25) is 0 Å². The normalized spacial score (nSPS) is 42.0. The maximum atomic E-state index is 10.4. The quantitative estimate of drug-likeness (QED) is 0.742. The second kappa shape index (κ2) is 4.81. The van der Waals surface area contributed by atoms with Crippen molar-refractivity contribution in [3.8, 4) is 0 Å². The number of rotatable bonds is 3. The van der Waals surface area contributed by atoms with E-state index in [1.165, 1.54) is 12.8 Å². The highest BCUT2D eigenvalue weighted by Crippen LogP contribution is 2.31. The fraction of sp³-hybridized carbons (Fsp3) is 1.00. The minimum Gasteiger partial charge on any atom is -0.389 e. The highest BCUT2D eigenvalue weighted by Gasteiger charge is 2.33. The first kappa shape index (κ1) is 11.4. The summed E-state index contributed by atoms with van der Waals surface area (Å²) in [5, 5.41) is 13.8. The van der Waals surface area contributed by atoms with Crippen LogP contribution in [0.25, 0.3) is 0 Å². The molecular weight excluding hydrogens is 190 g/mol. The molecule has 1 aliphatic heterocycles. The number of ether oxygens (including phenoxy) is 1. The van der Waals surface area contributed by atoms with Gasteiger partial charge in [0, 0.05) is 19.2 Å². The summed E-state index contributed by atoms with van der Waals surface area (Å²) < 4.78 is 5.31. The van der Waals surface area contributed by atoms with Crippen LogP contribution in [0.3, 0.4) is 0 Å². The Kier molecular flexibility index (Phi) is 3.65. The Hall–Kier alpha value is -0.120. The average Bonchev–Trinajstić information content (AvgIpc) is 2.67. The van der Waals surface area contributed by atoms with Crippen LogP contribution in [0, 0.1) is 5.92 Å². The summed E-state index contributed by atoms with van der Waals surface area (Å²) in [6.07, 6.45) is 5.44. The first-order valence-corrected chi connectivity index (χ1v) is 6.21. The molecular formula is C12H23NO2. The molecule has 3 atom stereocenters. The second-order valence-corrected chi connectivity index (χ2v) is 5.37. The van der Waals surface area contributed by atoms with Gasteiger partial charge in [-0.25, -0.2) is 0 Å². The molecule has 0 aromatic carbocycles. The molecule has 1 heterocycles. The molecule has 1 saturated carbocycles. The van der Waals surface area contributed by atoms with Gasteiger partial charge in [-0.05, 0) is 25.2 Å². The van der Waals surface area contributed by atoms with Gasteiger partial charge in [0.25, 0.3) is 0 Å². The van der Waals surface area contributed by atoms with E-state index in [1.54, 1.807) is 0 Å². The molecule has 0 radical (unpaired) electrons. The van der Waals surface area contributed by atoms with Crippen molar-refractivity contribution in [1.29, 1.82) is 0 Å². The fourth-order valence-corrected chi connectivity index (χ4v) is 2.82. The molecule has 0 amide bonds. The molecule has 2 aliphatic rings. The van der Waals surface area contributed by atoms with E-state index in [0.29, 0.717) is 12.0 Å². The van der Waals surface area contributed by atoms with Gasteiger partial charge >= 0.3 is 0 Å². The van der Waals surface area contributed by atoms with Crippen molar-refractivity contribution in [2.75, 3.05) is 19.8 Å². The summed E-state index contributed by atoms with van der Waals surface area (Å²) in [4.78, 5) is 0. The van der Waals surface area contributed by atoms with Gasteiger partial charge < -0.3 is 15.2 Å². The zero-order chi connectivity index (χ0) is 10.7. The lowest BCUT2D eigenvalue weighted by Gasteiger charge is -2.36. The molecule has 88 valence electrons. The maximum absolute atomic E-state index is 10.4. The van der Waals surface area contributed by atoms with Gasteiger partial charge in [0.1, 0.15) is 0 Å². The second-order valence-electron chi connectivity index (χ2n) is 5.37.